The Bertz CT molecular complexity index is 743. The number of hydrogen-bond donors (Lipinski definition) is 1. The van der Waals surface area contributed by atoms with Crippen molar-refractivity contribution in [2.75, 3.05) is 20.8 Å². The van der Waals surface area contributed by atoms with Crippen molar-refractivity contribution in [3.8, 4) is 17.2 Å². The van der Waals surface area contributed by atoms with Crippen molar-refractivity contribution in [1.82, 2.24) is 0 Å². The summed E-state index contributed by atoms with van der Waals surface area (Å²) in [5, 5.41) is 8.93. The first-order valence-electron chi connectivity index (χ1n) is 6.93. The van der Waals surface area contributed by atoms with Crippen molar-refractivity contribution in [2.24, 2.45) is 4.99 Å². The van der Waals surface area contributed by atoms with Crippen molar-refractivity contribution in [1.29, 1.82) is 0 Å². The van der Waals surface area contributed by atoms with Crippen LogP contribution in [0.4, 0.5) is 5.69 Å². The molecular weight excluding hydrogens is 334 g/mol. The van der Waals surface area contributed by atoms with Crippen LogP contribution in [0, 0.1) is 0 Å². The Morgan fingerprint density at radius 2 is 1.92 bits per heavy atom. The molecule has 0 aromatic heterocycles. The van der Waals surface area contributed by atoms with Crippen molar-refractivity contribution < 1.29 is 24.1 Å². The second-order valence-corrected chi connectivity index (χ2v) is 5.08. The first-order chi connectivity index (χ1) is 11.5. The number of hydrogen-bond acceptors (Lipinski definition) is 5. The number of ether oxygens (including phenoxy) is 3. The second kappa shape index (κ2) is 8.21. The molecule has 1 N–H and O–H groups in total. The van der Waals surface area contributed by atoms with E-state index in [1.54, 1.807) is 25.5 Å². The zero-order chi connectivity index (χ0) is 17.5. The fraction of sp³-hybridized carbons (Fsp3) is 0.176. The summed E-state index contributed by atoms with van der Waals surface area (Å²) in [6.45, 7) is -0.505. The molecule has 0 radical (unpaired) electrons. The maximum absolute atomic E-state index is 10.6. The number of methoxy groups -OCH3 is 2. The maximum Gasteiger partial charge on any atom is 0.341 e. The summed E-state index contributed by atoms with van der Waals surface area (Å²) in [4.78, 5) is 15.0. The van der Waals surface area contributed by atoms with E-state index in [4.69, 9.17) is 30.9 Å². The fourth-order valence-electron chi connectivity index (χ4n) is 1.91. The summed E-state index contributed by atoms with van der Waals surface area (Å²) in [7, 11) is 3.05. The molecule has 0 spiro atoms. The van der Waals surface area contributed by atoms with Gasteiger partial charge in [-0.2, -0.15) is 0 Å². The van der Waals surface area contributed by atoms with Crippen LogP contribution in [-0.4, -0.2) is 38.1 Å². The van der Waals surface area contributed by atoms with Crippen LogP contribution in [-0.2, 0) is 4.79 Å². The normalized spacial score (nSPS) is 10.6. The van der Waals surface area contributed by atoms with Crippen LogP contribution in [0.2, 0.25) is 5.02 Å². The minimum atomic E-state index is -1.10. The Balaban J connectivity index is 2.22. The third kappa shape index (κ3) is 4.63. The van der Waals surface area contributed by atoms with Crippen LogP contribution < -0.4 is 14.2 Å². The third-order valence-corrected chi connectivity index (χ3v) is 3.31. The van der Waals surface area contributed by atoms with Gasteiger partial charge >= 0.3 is 5.97 Å². The minimum Gasteiger partial charge on any atom is -0.497 e. The number of benzene rings is 2. The van der Waals surface area contributed by atoms with Crippen LogP contribution in [0.5, 0.6) is 17.2 Å². The van der Waals surface area contributed by atoms with Gasteiger partial charge in [0.25, 0.3) is 0 Å². The maximum atomic E-state index is 10.6. The van der Waals surface area contributed by atoms with E-state index in [0.717, 1.165) is 11.4 Å². The van der Waals surface area contributed by atoms with Gasteiger partial charge in [0.05, 0.1) is 24.9 Å². The topological polar surface area (TPSA) is 77.4 Å². The van der Waals surface area contributed by atoms with Crippen LogP contribution in [0.1, 0.15) is 5.56 Å². The Morgan fingerprint density at radius 3 is 2.50 bits per heavy atom. The summed E-state index contributed by atoms with van der Waals surface area (Å²) < 4.78 is 15.4. The molecule has 0 atom stereocenters. The third-order valence-electron chi connectivity index (χ3n) is 3.03. The van der Waals surface area contributed by atoms with Gasteiger partial charge in [-0.05, 0) is 42.0 Å². The molecule has 0 saturated carbocycles. The largest absolute Gasteiger partial charge is 0.497 e. The minimum absolute atomic E-state index is 0.183. The summed E-state index contributed by atoms with van der Waals surface area (Å²) in [6, 6.07) is 10.5. The van der Waals surface area contributed by atoms with Crippen LogP contribution in [0.15, 0.2) is 41.4 Å². The molecule has 0 unspecified atom stereocenters. The SMILES string of the molecule is COc1ccc(N=Cc2cc(Cl)c(OCC(=O)O)c(OC)c2)cc1. The van der Waals surface area contributed by atoms with Gasteiger partial charge in [-0.3, -0.25) is 4.99 Å². The van der Waals surface area contributed by atoms with Gasteiger partial charge in [-0.1, -0.05) is 11.6 Å². The van der Waals surface area contributed by atoms with Gasteiger partial charge in [0.15, 0.2) is 18.1 Å². The standard InChI is InChI=1S/C17H16ClNO5/c1-22-13-5-3-12(4-6-13)19-9-11-7-14(18)17(15(8-11)23-2)24-10-16(20)21/h3-9H,10H2,1-2H3,(H,20,21). The number of carbonyl (C=O) groups is 1. The lowest BCUT2D eigenvalue weighted by molar-refractivity contribution is -0.139. The lowest BCUT2D eigenvalue weighted by Crippen LogP contribution is -2.10. The molecule has 0 aliphatic rings. The van der Waals surface area contributed by atoms with E-state index in [0.29, 0.717) is 11.3 Å². The molecule has 0 aliphatic heterocycles. The van der Waals surface area contributed by atoms with E-state index in [-0.39, 0.29) is 10.8 Å². The summed E-state index contributed by atoms with van der Waals surface area (Å²) in [5.41, 5.74) is 1.44. The zero-order valence-corrected chi connectivity index (χ0v) is 13.9. The molecule has 0 aliphatic carbocycles. The molecule has 6 nitrogen and oxygen atoms in total. The first-order valence-corrected chi connectivity index (χ1v) is 7.31. The van der Waals surface area contributed by atoms with Gasteiger partial charge in [-0.15, -0.1) is 0 Å². The molecule has 2 aromatic rings. The molecule has 0 fully saturated rings. The van der Waals surface area contributed by atoms with Crippen molar-refractivity contribution in [2.45, 2.75) is 0 Å². The van der Waals surface area contributed by atoms with Crippen LogP contribution in [0.3, 0.4) is 0 Å². The molecule has 7 heteroatoms. The van der Waals surface area contributed by atoms with Gasteiger partial charge in [0.1, 0.15) is 5.75 Å². The lowest BCUT2D eigenvalue weighted by atomic mass is 10.2. The number of aliphatic carboxylic acids is 1. The van der Waals surface area contributed by atoms with Crippen molar-refractivity contribution >= 4 is 29.5 Å². The predicted molar refractivity (Wildman–Crippen MR) is 91.4 cm³/mol. The highest BCUT2D eigenvalue weighted by Crippen LogP contribution is 2.36. The molecule has 24 heavy (non-hydrogen) atoms. The van der Waals surface area contributed by atoms with Crippen molar-refractivity contribution in [3.63, 3.8) is 0 Å². The average Bonchev–Trinajstić information content (AvgIpc) is 2.58. The van der Waals surface area contributed by atoms with E-state index in [1.807, 2.05) is 24.3 Å². The van der Waals surface area contributed by atoms with Gasteiger partial charge < -0.3 is 19.3 Å². The van der Waals surface area contributed by atoms with Crippen LogP contribution >= 0.6 is 11.6 Å². The number of nitrogens with zero attached hydrogens (tertiary/aromatic N) is 1. The van der Waals surface area contributed by atoms with Gasteiger partial charge in [-0.25, -0.2) is 4.79 Å². The summed E-state index contributed by atoms with van der Waals surface area (Å²) in [6.07, 6.45) is 1.62. The number of carboxylic acid groups (broad SMARTS) is 1. The molecule has 0 saturated heterocycles. The fourth-order valence-corrected chi connectivity index (χ4v) is 2.18. The molecular formula is C17H16ClNO5. The molecule has 0 bridgehead atoms. The Kier molecular flexibility index (Phi) is 6.03. The highest BCUT2D eigenvalue weighted by Gasteiger charge is 2.13. The van der Waals surface area contributed by atoms with Crippen molar-refractivity contribution in [3.05, 3.63) is 47.0 Å². The predicted octanol–water partition coefficient (Wildman–Crippen LogP) is 3.57. The van der Waals surface area contributed by atoms with E-state index in [1.165, 1.54) is 7.11 Å². The second-order valence-electron chi connectivity index (χ2n) is 4.67. The van der Waals surface area contributed by atoms with E-state index >= 15 is 0 Å². The van der Waals surface area contributed by atoms with E-state index in [2.05, 4.69) is 4.99 Å². The number of aliphatic imine (C=N–C) groups is 1. The van der Waals surface area contributed by atoms with E-state index in [9.17, 15) is 4.79 Å². The Labute approximate surface area is 144 Å². The average molecular weight is 350 g/mol. The van der Waals surface area contributed by atoms with Gasteiger partial charge in [0.2, 0.25) is 0 Å². The summed E-state index contributed by atoms with van der Waals surface area (Å²) >= 11 is 6.14. The van der Waals surface area contributed by atoms with E-state index < -0.39 is 12.6 Å². The van der Waals surface area contributed by atoms with Crippen LogP contribution in [0.25, 0.3) is 0 Å². The Morgan fingerprint density at radius 1 is 1.21 bits per heavy atom. The highest BCUT2D eigenvalue weighted by atomic mass is 35.5. The first kappa shape index (κ1) is 17.6. The highest BCUT2D eigenvalue weighted by molar-refractivity contribution is 6.32. The number of halogens is 1. The number of rotatable bonds is 7. The quantitative estimate of drug-likeness (QED) is 0.773. The molecule has 0 heterocycles. The lowest BCUT2D eigenvalue weighted by Gasteiger charge is -2.11. The summed E-state index contributed by atoms with van der Waals surface area (Å²) in [5.74, 6) is 0.167. The van der Waals surface area contributed by atoms with Gasteiger partial charge in [0, 0.05) is 6.21 Å². The molecule has 0 amide bonds. The monoisotopic (exact) mass is 349 g/mol. The molecule has 2 rings (SSSR count). The molecule has 126 valence electrons. The number of carboxylic acids is 1. The Hall–Kier alpha value is -2.73. The smallest absolute Gasteiger partial charge is 0.341 e. The molecule has 2 aromatic carbocycles. The zero-order valence-electron chi connectivity index (χ0n) is 13.2.